The van der Waals surface area contributed by atoms with Crippen LogP contribution >= 0.6 is 11.3 Å². The van der Waals surface area contributed by atoms with Crippen LogP contribution in [0.25, 0.3) is 0 Å². The molecular formula is C9H13NO2S. The third-order valence-corrected chi connectivity index (χ3v) is 2.85. The molecule has 13 heavy (non-hydrogen) atoms. The molecule has 1 aromatic heterocycles. The minimum atomic E-state index is -0.644. The molecule has 0 aliphatic heterocycles. The van der Waals surface area contributed by atoms with Crippen LogP contribution in [0, 0.1) is 13.8 Å². The molecule has 3 nitrogen and oxygen atoms in total. The van der Waals surface area contributed by atoms with Crippen molar-refractivity contribution in [1.82, 2.24) is 0 Å². The first-order valence-corrected chi connectivity index (χ1v) is 4.78. The molecular weight excluding hydrogens is 186 g/mol. The summed E-state index contributed by atoms with van der Waals surface area (Å²) in [5, 5.41) is 0. The Morgan fingerprint density at radius 2 is 2.23 bits per heavy atom. The average Bonchev–Trinajstić information content (AvgIpc) is 2.42. The summed E-state index contributed by atoms with van der Waals surface area (Å²) in [4.78, 5) is 13.4. The number of rotatable bonds is 2. The molecule has 1 atom stereocenters. The summed E-state index contributed by atoms with van der Waals surface area (Å²) in [6.45, 7) is 3.95. The van der Waals surface area contributed by atoms with Gasteiger partial charge in [0.1, 0.15) is 6.04 Å². The van der Waals surface area contributed by atoms with Gasteiger partial charge in [-0.25, -0.2) is 0 Å². The molecule has 0 aromatic carbocycles. The molecule has 4 heteroatoms. The van der Waals surface area contributed by atoms with Crippen molar-refractivity contribution >= 4 is 17.3 Å². The topological polar surface area (TPSA) is 52.3 Å². The van der Waals surface area contributed by atoms with E-state index in [1.54, 1.807) is 11.3 Å². The van der Waals surface area contributed by atoms with Gasteiger partial charge in [-0.2, -0.15) is 0 Å². The zero-order chi connectivity index (χ0) is 10.0. The second kappa shape index (κ2) is 3.89. The molecule has 1 rings (SSSR count). The summed E-state index contributed by atoms with van der Waals surface area (Å²) in [6.07, 6.45) is 0. The Morgan fingerprint density at radius 1 is 1.62 bits per heavy atom. The zero-order valence-electron chi connectivity index (χ0n) is 7.96. The van der Waals surface area contributed by atoms with Gasteiger partial charge in [0.25, 0.3) is 0 Å². The molecule has 72 valence electrons. The largest absolute Gasteiger partial charge is 0.468 e. The number of esters is 1. The van der Waals surface area contributed by atoms with Crippen LogP contribution in [-0.4, -0.2) is 13.1 Å². The number of thiophene rings is 1. The molecule has 0 saturated heterocycles. The first-order chi connectivity index (χ1) is 6.06. The normalized spacial score (nSPS) is 12.6. The van der Waals surface area contributed by atoms with Crippen molar-refractivity contribution < 1.29 is 9.53 Å². The van der Waals surface area contributed by atoms with E-state index in [9.17, 15) is 4.79 Å². The van der Waals surface area contributed by atoms with E-state index in [-0.39, 0.29) is 5.97 Å². The first-order valence-electron chi connectivity index (χ1n) is 3.96. The van der Waals surface area contributed by atoms with Crippen LogP contribution in [0.2, 0.25) is 0 Å². The van der Waals surface area contributed by atoms with E-state index in [0.717, 1.165) is 15.3 Å². The Morgan fingerprint density at radius 3 is 2.62 bits per heavy atom. The Bertz CT molecular complexity index is 319. The van der Waals surface area contributed by atoms with E-state index < -0.39 is 6.04 Å². The van der Waals surface area contributed by atoms with Crippen LogP contribution in [0.5, 0.6) is 0 Å². The Hall–Kier alpha value is -0.870. The van der Waals surface area contributed by atoms with Gasteiger partial charge in [0.2, 0.25) is 0 Å². The lowest BCUT2D eigenvalue weighted by Gasteiger charge is -2.07. The number of methoxy groups -OCH3 is 1. The van der Waals surface area contributed by atoms with E-state index in [2.05, 4.69) is 4.74 Å². The van der Waals surface area contributed by atoms with E-state index in [1.807, 2.05) is 19.9 Å². The summed E-state index contributed by atoms with van der Waals surface area (Å²) in [6, 6.07) is 1.29. The number of hydrogen-bond donors (Lipinski definition) is 1. The van der Waals surface area contributed by atoms with Gasteiger partial charge < -0.3 is 10.5 Å². The summed E-state index contributed by atoms with van der Waals surface area (Å²) in [5.74, 6) is -0.388. The van der Waals surface area contributed by atoms with E-state index in [4.69, 9.17) is 5.73 Å². The average molecular weight is 199 g/mol. The van der Waals surface area contributed by atoms with Crippen molar-refractivity contribution in [2.24, 2.45) is 5.73 Å². The molecule has 0 amide bonds. The van der Waals surface area contributed by atoms with Crippen LogP contribution in [0.4, 0.5) is 0 Å². The van der Waals surface area contributed by atoms with Crippen molar-refractivity contribution in [2.45, 2.75) is 19.9 Å². The van der Waals surface area contributed by atoms with Gasteiger partial charge in [-0.05, 0) is 25.5 Å². The van der Waals surface area contributed by atoms with Gasteiger partial charge in [-0.15, -0.1) is 11.3 Å². The van der Waals surface area contributed by atoms with Gasteiger partial charge in [0.15, 0.2) is 0 Å². The third kappa shape index (κ3) is 2.08. The van der Waals surface area contributed by atoms with Gasteiger partial charge in [0.05, 0.1) is 7.11 Å². The third-order valence-electron chi connectivity index (χ3n) is 1.87. The highest BCUT2D eigenvalue weighted by molar-refractivity contribution is 7.12. The van der Waals surface area contributed by atoms with Crippen LogP contribution < -0.4 is 5.73 Å². The number of ether oxygens (including phenoxy) is 1. The standard InChI is InChI=1S/C9H13NO2S/c1-5-4-7(6(2)13-5)8(10)9(11)12-3/h4,8H,10H2,1-3H3. The zero-order valence-corrected chi connectivity index (χ0v) is 8.77. The summed E-state index contributed by atoms with van der Waals surface area (Å²) in [7, 11) is 1.34. The number of hydrogen-bond acceptors (Lipinski definition) is 4. The molecule has 0 radical (unpaired) electrons. The molecule has 1 heterocycles. The van der Waals surface area contributed by atoms with Crippen molar-refractivity contribution in [3.8, 4) is 0 Å². The molecule has 1 aromatic rings. The van der Waals surface area contributed by atoms with Crippen LogP contribution in [-0.2, 0) is 9.53 Å². The lowest BCUT2D eigenvalue weighted by Crippen LogP contribution is -2.22. The molecule has 0 spiro atoms. The highest BCUT2D eigenvalue weighted by atomic mass is 32.1. The highest BCUT2D eigenvalue weighted by Crippen LogP contribution is 2.25. The van der Waals surface area contributed by atoms with Gasteiger partial charge >= 0.3 is 5.97 Å². The Kier molecular flexibility index (Phi) is 3.06. The molecule has 0 aliphatic carbocycles. The maximum Gasteiger partial charge on any atom is 0.327 e. The smallest absolute Gasteiger partial charge is 0.327 e. The van der Waals surface area contributed by atoms with Crippen LogP contribution in [0.3, 0.4) is 0 Å². The maximum atomic E-state index is 11.1. The number of carbonyl (C=O) groups excluding carboxylic acids is 1. The quantitative estimate of drug-likeness (QED) is 0.735. The molecule has 0 fully saturated rings. The maximum absolute atomic E-state index is 11.1. The number of aryl methyl sites for hydroxylation is 2. The lowest BCUT2D eigenvalue weighted by molar-refractivity contribution is -0.142. The minimum Gasteiger partial charge on any atom is -0.468 e. The molecule has 0 saturated carbocycles. The predicted octanol–water partition coefficient (Wildman–Crippen LogP) is 1.54. The fraction of sp³-hybridized carbons (Fsp3) is 0.444. The number of nitrogens with two attached hydrogens (primary N) is 1. The minimum absolute atomic E-state index is 0.388. The summed E-state index contributed by atoms with van der Waals surface area (Å²) < 4.78 is 4.57. The van der Waals surface area contributed by atoms with Gasteiger partial charge in [0, 0.05) is 9.75 Å². The van der Waals surface area contributed by atoms with E-state index in [1.165, 1.54) is 7.11 Å². The Labute approximate surface area is 81.5 Å². The molecule has 2 N–H and O–H groups in total. The summed E-state index contributed by atoms with van der Waals surface area (Å²) >= 11 is 1.64. The van der Waals surface area contributed by atoms with Gasteiger partial charge in [-0.3, -0.25) is 4.79 Å². The fourth-order valence-electron chi connectivity index (χ4n) is 1.21. The second-order valence-electron chi connectivity index (χ2n) is 2.87. The van der Waals surface area contributed by atoms with Gasteiger partial charge in [-0.1, -0.05) is 0 Å². The van der Waals surface area contributed by atoms with Crippen LogP contribution in [0.1, 0.15) is 21.4 Å². The molecule has 0 bridgehead atoms. The Balaban J connectivity index is 2.94. The van der Waals surface area contributed by atoms with Crippen LogP contribution in [0.15, 0.2) is 6.07 Å². The van der Waals surface area contributed by atoms with Crippen molar-refractivity contribution in [1.29, 1.82) is 0 Å². The highest BCUT2D eigenvalue weighted by Gasteiger charge is 2.19. The fourth-order valence-corrected chi connectivity index (χ4v) is 2.19. The monoisotopic (exact) mass is 199 g/mol. The molecule has 1 unspecified atom stereocenters. The van der Waals surface area contributed by atoms with Crippen molar-refractivity contribution in [2.75, 3.05) is 7.11 Å². The summed E-state index contributed by atoms with van der Waals surface area (Å²) in [5.41, 5.74) is 6.57. The first kappa shape index (κ1) is 10.2. The second-order valence-corrected chi connectivity index (χ2v) is 4.33. The van der Waals surface area contributed by atoms with E-state index >= 15 is 0 Å². The van der Waals surface area contributed by atoms with Crippen molar-refractivity contribution in [3.05, 3.63) is 21.4 Å². The van der Waals surface area contributed by atoms with Crippen molar-refractivity contribution in [3.63, 3.8) is 0 Å². The number of carbonyl (C=O) groups is 1. The van der Waals surface area contributed by atoms with E-state index in [0.29, 0.717) is 0 Å². The lowest BCUT2D eigenvalue weighted by atomic mass is 10.1. The SMILES string of the molecule is COC(=O)C(N)c1cc(C)sc1C. The molecule has 0 aliphatic rings. The predicted molar refractivity (Wildman–Crippen MR) is 52.7 cm³/mol.